The monoisotopic (exact) mass is 414 g/mol. The highest BCUT2D eigenvalue weighted by molar-refractivity contribution is 6.30. The number of Topliss-reactive ketones (excluding diaryl/α,β-unsaturated/α-hetero) is 1. The zero-order valence-electron chi connectivity index (χ0n) is 16.9. The highest BCUT2D eigenvalue weighted by atomic mass is 35.5. The average Bonchev–Trinajstić information content (AvgIpc) is 3.47. The molecule has 1 aromatic carbocycles. The van der Waals surface area contributed by atoms with Crippen LogP contribution in [0.5, 0.6) is 0 Å². The van der Waals surface area contributed by atoms with Crippen LogP contribution in [0.2, 0.25) is 5.02 Å². The number of amides is 2. The Hall–Kier alpha value is -2.31. The lowest BCUT2D eigenvalue weighted by atomic mass is 10.1. The number of hydrogen-bond donors (Lipinski definition) is 1. The zero-order chi connectivity index (χ0) is 20.5. The Morgan fingerprint density at radius 1 is 1.10 bits per heavy atom. The number of aryl methyl sites for hydroxylation is 1. The number of nitrogens with zero attached hydrogens (tertiary/aromatic N) is 3. The highest BCUT2D eigenvalue weighted by Gasteiger charge is 2.29. The van der Waals surface area contributed by atoms with Crippen LogP contribution >= 0.6 is 11.6 Å². The summed E-state index contributed by atoms with van der Waals surface area (Å²) in [7, 11) is 0. The number of rotatable bonds is 5. The summed E-state index contributed by atoms with van der Waals surface area (Å²) in [5.41, 5.74) is 3.80. The molecule has 1 saturated heterocycles. The maximum absolute atomic E-state index is 12.9. The molecule has 29 heavy (non-hydrogen) atoms. The number of carbonyl (C=O) groups is 2. The number of ketones is 1. The predicted octanol–water partition coefficient (Wildman–Crippen LogP) is 4.13. The molecular weight excluding hydrogens is 388 g/mol. The number of anilines is 1. The third kappa shape index (κ3) is 4.49. The summed E-state index contributed by atoms with van der Waals surface area (Å²) in [4.78, 5) is 29.2. The number of benzene rings is 1. The standard InChI is InChI=1S/C22H27ClN4O2/c1-15-12-20(16(2)27(15)19-6-7-19)21(28)14-25-8-10-26(11-9-25)22(29)24-18-5-3-4-17(23)13-18/h3-5,12-13,19H,6-11,14H2,1-2H3,(H,24,29). The molecule has 1 saturated carbocycles. The van der Waals surface area contributed by atoms with Crippen molar-refractivity contribution in [1.82, 2.24) is 14.4 Å². The van der Waals surface area contributed by atoms with Crippen molar-refractivity contribution in [2.75, 3.05) is 38.0 Å². The molecule has 0 radical (unpaired) electrons. The summed E-state index contributed by atoms with van der Waals surface area (Å²) < 4.78 is 2.31. The minimum Gasteiger partial charge on any atom is -0.345 e. The number of piperazine rings is 1. The summed E-state index contributed by atoms with van der Waals surface area (Å²) in [5.74, 6) is 0.168. The van der Waals surface area contributed by atoms with Crippen LogP contribution in [0.15, 0.2) is 30.3 Å². The van der Waals surface area contributed by atoms with Gasteiger partial charge in [-0.15, -0.1) is 0 Å². The molecule has 1 aliphatic heterocycles. The number of carbonyl (C=O) groups excluding carboxylic acids is 2. The van der Waals surface area contributed by atoms with E-state index in [1.807, 2.05) is 18.2 Å². The quantitative estimate of drug-likeness (QED) is 0.748. The van der Waals surface area contributed by atoms with Crippen LogP contribution in [-0.4, -0.2) is 58.9 Å². The Kier molecular flexibility index (Phi) is 5.65. The van der Waals surface area contributed by atoms with Gasteiger partial charge in [-0.25, -0.2) is 4.79 Å². The van der Waals surface area contributed by atoms with Crippen molar-refractivity contribution >= 4 is 29.1 Å². The van der Waals surface area contributed by atoms with Gasteiger partial charge in [-0.3, -0.25) is 9.69 Å². The fraction of sp³-hybridized carbons (Fsp3) is 0.455. The highest BCUT2D eigenvalue weighted by Crippen LogP contribution is 2.38. The lowest BCUT2D eigenvalue weighted by Crippen LogP contribution is -2.51. The first kappa shape index (κ1) is 20.0. The van der Waals surface area contributed by atoms with Gasteiger partial charge in [0.15, 0.2) is 5.78 Å². The van der Waals surface area contributed by atoms with Crippen molar-refractivity contribution in [2.45, 2.75) is 32.7 Å². The van der Waals surface area contributed by atoms with Gasteiger partial charge in [0.2, 0.25) is 0 Å². The molecule has 2 heterocycles. The van der Waals surface area contributed by atoms with Crippen LogP contribution in [0.4, 0.5) is 10.5 Å². The Bertz CT molecular complexity index is 927. The first-order valence-electron chi connectivity index (χ1n) is 10.2. The number of urea groups is 1. The van der Waals surface area contributed by atoms with Crippen molar-refractivity contribution in [3.63, 3.8) is 0 Å². The molecular formula is C22H27ClN4O2. The van der Waals surface area contributed by atoms with E-state index in [1.54, 1.807) is 17.0 Å². The summed E-state index contributed by atoms with van der Waals surface area (Å²) in [6.07, 6.45) is 2.42. The van der Waals surface area contributed by atoms with Crippen LogP contribution in [0, 0.1) is 13.8 Å². The molecule has 2 amide bonds. The molecule has 1 aliphatic carbocycles. The van der Waals surface area contributed by atoms with Gasteiger partial charge in [0.1, 0.15) is 0 Å². The van der Waals surface area contributed by atoms with E-state index in [0.717, 1.165) is 11.3 Å². The normalized spacial score (nSPS) is 17.4. The van der Waals surface area contributed by atoms with Crippen molar-refractivity contribution in [1.29, 1.82) is 0 Å². The summed E-state index contributed by atoms with van der Waals surface area (Å²) in [6, 6.07) is 9.61. The molecule has 0 spiro atoms. The molecule has 1 aromatic heterocycles. The van der Waals surface area contributed by atoms with Gasteiger partial charge in [-0.05, 0) is 51.0 Å². The van der Waals surface area contributed by atoms with Crippen molar-refractivity contribution < 1.29 is 9.59 Å². The second kappa shape index (κ2) is 8.20. The van der Waals surface area contributed by atoms with Gasteiger partial charge < -0.3 is 14.8 Å². The first-order valence-corrected chi connectivity index (χ1v) is 10.6. The lowest BCUT2D eigenvalue weighted by Gasteiger charge is -2.34. The molecule has 0 atom stereocenters. The molecule has 1 N–H and O–H groups in total. The molecule has 7 heteroatoms. The number of aromatic nitrogens is 1. The lowest BCUT2D eigenvalue weighted by molar-refractivity contribution is 0.0883. The van der Waals surface area contributed by atoms with Gasteiger partial charge in [-0.1, -0.05) is 17.7 Å². The number of hydrogen-bond acceptors (Lipinski definition) is 3. The molecule has 6 nitrogen and oxygen atoms in total. The third-order valence-electron chi connectivity index (χ3n) is 5.80. The second-order valence-corrected chi connectivity index (χ2v) is 8.45. The van der Waals surface area contributed by atoms with E-state index in [9.17, 15) is 9.59 Å². The molecule has 0 unspecified atom stereocenters. The van der Waals surface area contributed by atoms with Crippen LogP contribution in [-0.2, 0) is 0 Å². The van der Waals surface area contributed by atoms with E-state index in [-0.39, 0.29) is 11.8 Å². The third-order valence-corrected chi connectivity index (χ3v) is 6.03. The van der Waals surface area contributed by atoms with Crippen LogP contribution in [0.1, 0.15) is 40.6 Å². The fourth-order valence-electron chi connectivity index (χ4n) is 4.12. The van der Waals surface area contributed by atoms with E-state index in [0.29, 0.717) is 49.5 Å². The van der Waals surface area contributed by atoms with Crippen molar-refractivity contribution in [3.05, 3.63) is 52.3 Å². The van der Waals surface area contributed by atoms with Gasteiger partial charge in [0, 0.05) is 59.9 Å². The smallest absolute Gasteiger partial charge is 0.321 e. The number of halogens is 1. The summed E-state index contributed by atoms with van der Waals surface area (Å²) >= 11 is 5.97. The Morgan fingerprint density at radius 2 is 1.83 bits per heavy atom. The second-order valence-electron chi connectivity index (χ2n) is 8.01. The van der Waals surface area contributed by atoms with E-state index < -0.39 is 0 Å². The SMILES string of the molecule is Cc1cc(C(=O)CN2CCN(C(=O)Nc3cccc(Cl)c3)CC2)c(C)n1C1CC1. The van der Waals surface area contributed by atoms with Crippen LogP contribution in [0.25, 0.3) is 0 Å². The zero-order valence-corrected chi connectivity index (χ0v) is 17.7. The molecule has 2 aliphatic rings. The Morgan fingerprint density at radius 3 is 2.48 bits per heavy atom. The minimum absolute atomic E-state index is 0.133. The maximum Gasteiger partial charge on any atom is 0.321 e. The topological polar surface area (TPSA) is 57.6 Å². The maximum atomic E-state index is 12.9. The Labute approximate surface area is 176 Å². The molecule has 154 valence electrons. The predicted molar refractivity (Wildman–Crippen MR) is 115 cm³/mol. The molecule has 2 fully saturated rings. The van der Waals surface area contributed by atoms with E-state index in [4.69, 9.17) is 11.6 Å². The van der Waals surface area contributed by atoms with E-state index in [1.165, 1.54) is 18.5 Å². The van der Waals surface area contributed by atoms with E-state index >= 15 is 0 Å². The van der Waals surface area contributed by atoms with Gasteiger partial charge in [-0.2, -0.15) is 0 Å². The van der Waals surface area contributed by atoms with Crippen molar-refractivity contribution in [2.24, 2.45) is 0 Å². The summed E-state index contributed by atoms with van der Waals surface area (Å²) in [6.45, 7) is 7.11. The molecule has 0 bridgehead atoms. The average molecular weight is 415 g/mol. The van der Waals surface area contributed by atoms with Crippen LogP contribution < -0.4 is 5.32 Å². The first-order chi connectivity index (χ1) is 13.9. The van der Waals surface area contributed by atoms with Gasteiger partial charge >= 0.3 is 6.03 Å². The molecule has 4 rings (SSSR count). The van der Waals surface area contributed by atoms with Crippen molar-refractivity contribution in [3.8, 4) is 0 Å². The fourth-order valence-corrected chi connectivity index (χ4v) is 4.31. The Balaban J connectivity index is 1.30. The number of nitrogens with one attached hydrogen (secondary N) is 1. The molecule has 2 aromatic rings. The van der Waals surface area contributed by atoms with Gasteiger partial charge in [0.25, 0.3) is 0 Å². The van der Waals surface area contributed by atoms with E-state index in [2.05, 4.69) is 28.6 Å². The summed E-state index contributed by atoms with van der Waals surface area (Å²) in [5, 5.41) is 3.47. The minimum atomic E-state index is -0.133. The largest absolute Gasteiger partial charge is 0.345 e. The van der Waals surface area contributed by atoms with Crippen LogP contribution in [0.3, 0.4) is 0 Å². The van der Waals surface area contributed by atoms with Gasteiger partial charge in [0.05, 0.1) is 6.54 Å².